The minimum Gasteiger partial charge on any atom is -0.462 e. The molecule has 360 valence electrons. The molecule has 0 saturated carbocycles. The number of carbonyl (C=O) groups excluding carboxylic acids is 3. The predicted molar refractivity (Wildman–Crippen MR) is 270 cm³/mol. The lowest BCUT2D eigenvalue weighted by Gasteiger charge is -2.18. The standard InChI is InChI=1S/C57H96O6/c1-4-7-10-13-16-19-22-25-27-29-32-35-38-41-44-47-50-56(59)62-53-54(52-61-55(58)49-46-43-40-37-34-31-24-21-18-15-12-9-6-3)63-57(60)51-48-45-42-39-36-33-30-28-26-23-20-17-14-11-8-5-2/h7,9-10,12,15-16,18-19,21,24-25,27-28,30,54H,4-6,8,11,13-14,17,20,22-23,26,29,31-53H2,1-3H3/b10-7-,12-9-,18-15-,19-16-,24-21-,27-25-,30-28-. The molecule has 0 aliphatic carbocycles. The van der Waals surface area contributed by atoms with E-state index >= 15 is 0 Å². The van der Waals surface area contributed by atoms with Gasteiger partial charge in [-0.2, -0.15) is 0 Å². The Kier molecular flexibility index (Phi) is 48.5. The van der Waals surface area contributed by atoms with Crippen molar-refractivity contribution in [3.63, 3.8) is 0 Å². The first-order valence-electron chi connectivity index (χ1n) is 26.1. The average Bonchev–Trinajstić information content (AvgIpc) is 3.28. The Morgan fingerprint density at radius 2 is 0.698 bits per heavy atom. The van der Waals surface area contributed by atoms with Crippen molar-refractivity contribution in [3.8, 4) is 0 Å². The summed E-state index contributed by atoms with van der Waals surface area (Å²) in [6.45, 7) is 6.35. The number of unbranched alkanes of at least 4 members (excludes halogenated alkanes) is 23. The zero-order chi connectivity index (χ0) is 45.8. The van der Waals surface area contributed by atoms with Gasteiger partial charge in [-0.3, -0.25) is 14.4 Å². The van der Waals surface area contributed by atoms with E-state index in [2.05, 4.69) is 106 Å². The third-order valence-electron chi connectivity index (χ3n) is 10.9. The van der Waals surface area contributed by atoms with Crippen LogP contribution in [0.4, 0.5) is 0 Å². The van der Waals surface area contributed by atoms with Crippen LogP contribution in [0.2, 0.25) is 0 Å². The van der Waals surface area contributed by atoms with Gasteiger partial charge in [0.05, 0.1) is 0 Å². The second-order valence-corrected chi connectivity index (χ2v) is 17.1. The summed E-state index contributed by atoms with van der Waals surface area (Å²) >= 11 is 0. The van der Waals surface area contributed by atoms with Crippen molar-refractivity contribution in [3.05, 3.63) is 85.1 Å². The molecule has 0 radical (unpaired) electrons. The normalized spacial score (nSPS) is 12.7. The van der Waals surface area contributed by atoms with Crippen molar-refractivity contribution in [1.82, 2.24) is 0 Å². The van der Waals surface area contributed by atoms with Crippen LogP contribution in [0.3, 0.4) is 0 Å². The maximum Gasteiger partial charge on any atom is 0.306 e. The molecule has 0 spiro atoms. The first-order valence-corrected chi connectivity index (χ1v) is 26.1. The third-order valence-corrected chi connectivity index (χ3v) is 10.9. The first kappa shape index (κ1) is 59.6. The van der Waals surface area contributed by atoms with Gasteiger partial charge in [0, 0.05) is 19.3 Å². The van der Waals surface area contributed by atoms with E-state index in [1.54, 1.807) is 0 Å². The average molecular weight is 877 g/mol. The summed E-state index contributed by atoms with van der Waals surface area (Å²) in [6, 6.07) is 0. The molecule has 0 aromatic carbocycles. The topological polar surface area (TPSA) is 78.9 Å². The smallest absolute Gasteiger partial charge is 0.306 e. The molecule has 1 atom stereocenters. The van der Waals surface area contributed by atoms with E-state index in [-0.39, 0.29) is 31.1 Å². The highest BCUT2D eigenvalue weighted by Gasteiger charge is 2.19. The highest BCUT2D eigenvalue weighted by Crippen LogP contribution is 2.14. The molecule has 0 bridgehead atoms. The molecule has 6 heteroatoms. The highest BCUT2D eigenvalue weighted by molar-refractivity contribution is 5.71. The van der Waals surface area contributed by atoms with Crippen LogP contribution in [0.25, 0.3) is 0 Å². The van der Waals surface area contributed by atoms with Crippen molar-refractivity contribution in [2.75, 3.05) is 13.2 Å². The number of allylic oxidation sites excluding steroid dienone is 14. The molecule has 0 amide bonds. The number of rotatable bonds is 46. The Balaban J connectivity index is 4.44. The maximum absolute atomic E-state index is 12.8. The SMILES string of the molecule is CC\C=C/C=C\C=C/CCCCCCCC(=O)OCC(COC(=O)CCCCCCCC/C=C\C/C=C\C/C=C\CC)OC(=O)CCCCCCC/C=C\CCCCCCCCC. The fourth-order valence-electron chi connectivity index (χ4n) is 7.04. The lowest BCUT2D eigenvalue weighted by molar-refractivity contribution is -0.167. The Bertz CT molecular complexity index is 1240. The lowest BCUT2D eigenvalue weighted by Crippen LogP contribution is -2.30. The second kappa shape index (κ2) is 51.2. The van der Waals surface area contributed by atoms with Gasteiger partial charge in [-0.25, -0.2) is 0 Å². The Morgan fingerprint density at radius 3 is 1.16 bits per heavy atom. The van der Waals surface area contributed by atoms with Gasteiger partial charge in [0.25, 0.3) is 0 Å². The van der Waals surface area contributed by atoms with E-state index in [1.807, 2.05) is 0 Å². The molecule has 0 aromatic rings. The molecule has 6 nitrogen and oxygen atoms in total. The first-order chi connectivity index (χ1) is 31.0. The largest absolute Gasteiger partial charge is 0.462 e. The van der Waals surface area contributed by atoms with Crippen LogP contribution in [-0.2, 0) is 28.6 Å². The van der Waals surface area contributed by atoms with Crippen molar-refractivity contribution in [2.24, 2.45) is 0 Å². The quantitative estimate of drug-likeness (QED) is 0.0199. The number of esters is 3. The molecule has 0 aliphatic rings. The van der Waals surface area contributed by atoms with E-state index in [1.165, 1.54) is 77.0 Å². The van der Waals surface area contributed by atoms with Crippen LogP contribution in [0.1, 0.15) is 239 Å². The van der Waals surface area contributed by atoms with Gasteiger partial charge in [-0.15, -0.1) is 0 Å². The van der Waals surface area contributed by atoms with Crippen LogP contribution in [-0.4, -0.2) is 37.2 Å². The zero-order valence-electron chi connectivity index (χ0n) is 41.1. The molecule has 0 rings (SSSR count). The molecule has 0 fully saturated rings. The molecular weight excluding hydrogens is 781 g/mol. The Labute approximate surface area is 388 Å². The summed E-state index contributed by atoms with van der Waals surface area (Å²) in [7, 11) is 0. The fourth-order valence-corrected chi connectivity index (χ4v) is 7.04. The number of carbonyl (C=O) groups is 3. The van der Waals surface area contributed by atoms with Crippen LogP contribution in [0.15, 0.2) is 85.1 Å². The second-order valence-electron chi connectivity index (χ2n) is 17.1. The number of hydrogen-bond donors (Lipinski definition) is 0. The summed E-state index contributed by atoms with van der Waals surface area (Å²) in [5.41, 5.74) is 0. The van der Waals surface area contributed by atoms with Crippen LogP contribution >= 0.6 is 0 Å². The predicted octanol–water partition coefficient (Wildman–Crippen LogP) is 17.2. The van der Waals surface area contributed by atoms with Gasteiger partial charge in [0.2, 0.25) is 0 Å². The molecule has 0 heterocycles. The monoisotopic (exact) mass is 877 g/mol. The van der Waals surface area contributed by atoms with E-state index < -0.39 is 6.10 Å². The van der Waals surface area contributed by atoms with Crippen molar-refractivity contribution in [1.29, 1.82) is 0 Å². The van der Waals surface area contributed by atoms with Gasteiger partial charge >= 0.3 is 17.9 Å². The Hall–Kier alpha value is -3.41. The third kappa shape index (κ3) is 49.5. The van der Waals surface area contributed by atoms with Gasteiger partial charge < -0.3 is 14.2 Å². The van der Waals surface area contributed by atoms with E-state index in [9.17, 15) is 14.4 Å². The molecular formula is C57H96O6. The van der Waals surface area contributed by atoms with Crippen molar-refractivity contribution < 1.29 is 28.6 Å². The molecule has 63 heavy (non-hydrogen) atoms. The lowest BCUT2D eigenvalue weighted by atomic mass is 10.1. The minimum absolute atomic E-state index is 0.0940. The van der Waals surface area contributed by atoms with Crippen molar-refractivity contribution >= 4 is 17.9 Å². The van der Waals surface area contributed by atoms with E-state index in [0.29, 0.717) is 19.3 Å². The van der Waals surface area contributed by atoms with Gasteiger partial charge in [-0.05, 0) is 96.3 Å². The molecule has 0 N–H and O–H groups in total. The summed E-state index contributed by atoms with van der Waals surface area (Å²) in [6.07, 6.45) is 65.6. The summed E-state index contributed by atoms with van der Waals surface area (Å²) in [4.78, 5) is 38.0. The van der Waals surface area contributed by atoms with E-state index in [0.717, 1.165) is 122 Å². The van der Waals surface area contributed by atoms with Crippen LogP contribution in [0.5, 0.6) is 0 Å². The number of hydrogen-bond acceptors (Lipinski definition) is 6. The summed E-state index contributed by atoms with van der Waals surface area (Å²) in [5.74, 6) is -0.935. The van der Waals surface area contributed by atoms with Gasteiger partial charge in [0.1, 0.15) is 13.2 Å². The molecule has 0 saturated heterocycles. The fraction of sp³-hybridized carbons (Fsp3) is 0.702. The summed E-state index contributed by atoms with van der Waals surface area (Å²) in [5, 5.41) is 0. The van der Waals surface area contributed by atoms with E-state index in [4.69, 9.17) is 14.2 Å². The zero-order valence-corrected chi connectivity index (χ0v) is 41.1. The summed E-state index contributed by atoms with van der Waals surface area (Å²) < 4.78 is 16.8. The van der Waals surface area contributed by atoms with Crippen LogP contribution in [0, 0.1) is 0 Å². The molecule has 1 unspecified atom stereocenters. The molecule has 0 aliphatic heterocycles. The highest BCUT2D eigenvalue weighted by atomic mass is 16.6. The maximum atomic E-state index is 12.8. The number of ether oxygens (including phenoxy) is 3. The van der Waals surface area contributed by atoms with Gasteiger partial charge in [0.15, 0.2) is 6.10 Å². The minimum atomic E-state index is -0.795. The molecule has 0 aromatic heterocycles. The van der Waals surface area contributed by atoms with Crippen molar-refractivity contribution in [2.45, 2.75) is 245 Å². The van der Waals surface area contributed by atoms with Gasteiger partial charge in [-0.1, -0.05) is 209 Å². The Morgan fingerprint density at radius 1 is 0.349 bits per heavy atom. The van der Waals surface area contributed by atoms with Crippen LogP contribution < -0.4 is 0 Å².